The summed E-state index contributed by atoms with van der Waals surface area (Å²) in [6.07, 6.45) is -3.09. The van der Waals surface area contributed by atoms with Crippen LogP contribution in [0.15, 0.2) is 60.8 Å². The summed E-state index contributed by atoms with van der Waals surface area (Å²) < 4.78 is 38.9. The number of carboxylic acid groups (broad SMARTS) is 1. The lowest BCUT2D eigenvalue weighted by molar-refractivity contribution is -0.137. The van der Waals surface area contributed by atoms with Gasteiger partial charge >= 0.3 is 12.1 Å². The molecule has 0 amide bonds. The molecule has 0 aliphatic carbocycles. The molecule has 5 nitrogen and oxygen atoms in total. The summed E-state index contributed by atoms with van der Waals surface area (Å²) in [5.41, 5.74) is 0.512. The molecule has 1 heterocycles. The third kappa shape index (κ3) is 3.97. The fraction of sp³-hybridized carbons (Fsp3) is 0.0556. The van der Waals surface area contributed by atoms with Crippen LogP contribution in [0.3, 0.4) is 0 Å². The molecular formula is C18H12F3N3O2. The maximum absolute atomic E-state index is 13.0. The molecule has 0 atom stereocenters. The number of benzene rings is 2. The number of aromatic carboxylic acids is 1. The molecular weight excluding hydrogens is 347 g/mol. The van der Waals surface area contributed by atoms with Crippen LogP contribution >= 0.6 is 0 Å². The Kier molecular flexibility index (Phi) is 4.57. The second-order valence-electron chi connectivity index (χ2n) is 5.41. The Morgan fingerprint density at radius 2 is 1.73 bits per heavy atom. The van der Waals surface area contributed by atoms with Gasteiger partial charge in [-0.15, -0.1) is 0 Å². The highest BCUT2D eigenvalue weighted by atomic mass is 19.4. The van der Waals surface area contributed by atoms with Crippen molar-refractivity contribution in [2.75, 3.05) is 5.32 Å². The van der Waals surface area contributed by atoms with E-state index in [0.717, 1.165) is 17.7 Å². The van der Waals surface area contributed by atoms with Gasteiger partial charge < -0.3 is 10.4 Å². The van der Waals surface area contributed by atoms with Crippen molar-refractivity contribution in [3.63, 3.8) is 0 Å². The van der Waals surface area contributed by atoms with Crippen molar-refractivity contribution >= 4 is 17.3 Å². The Morgan fingerprint density at radius 3 is 2.31 bits per heavy atom. The zero-order chi connectivity index (χ0) is 18.7. The molecule has 0 aliphatic rings. The Balaban J connectivity index is 1.89. The normalized spacial score (nSPS) is 11.2. The zero-order valence-corrected chi connectivity index (χ0v) is 13.2. The summed E-state index contributed by atoms with van der Waals surface area (Å²) >= 11 is 0. The minimum absolute atomic E-state index is 0.0319. The first-order chi connectivity index (χ1) is 12.3. The molecule has 2 aromatic carbocycles. The van der Waals surface area contributed by atoms with Gasteiger partial charge in [0.2, 0.25) is 0 Å². The van der Waals surface area contributed by atoms with E-state index in [9.17, 15) is 18.0 Å². The maximum atomic E-state index is 13.0. The van der Waals surface area contributed by atoms with E-state index in [1.807, 2.05) is 0 Å². The van der Waals surface area contributed by atoms with E-state index in [2.05, 4.69) is 15.5 Å². The van der Waals surface area contributed by atoms with Crippen molar-refractivity contribution < 1.29 is 23.1 Å². The summed E-state index contributed by atoms with van der Waals surface area (Å²) in [5, 5.41) is 19.6. The predicted octanol–water partition coefficient (Wildman–Crippen LogP) is 4.60. The highest BCUT2D eigenvalue weighted by molar-refractivity contribution is 5.89. The Morgan fingerprint density at radius 1 is 1.00 bits per heavy atom. The van der Waals surface area contributed by atoms with Crippen molar-refractivity contribution in [2.45, 2.75) is 6.18 Å². The highest BCUT2D eigenvalue weighted by Gasteiger charge is 2.31. The number of anilines is 2. The quantitative estimate of drug-likeness (QED) is 0.712. The van der Waals surface area contributed by atoms with Crippen LogP contribution in [0.5, 0.6) is 0 Å². The van der Waals surface area contributed by atoms with E-state index in [-0.39, 0.29) is 5.69 Å². The lowest BCUT2D eigenvalue weighted by atomic mass is 10.1. The van der Waals surface area contributed by atoms with Gasteiger partial charge in [-0.3, -0.25) is 0 Å². The maximum Gasteiger partial charge on any atom is 0.416 e. The van der Waals surface area contributed by atoms with Crippen LogP contribution in [-0.2, 0) is 6.18 Å². The molecule has 0 saturated heterocycles. The van der Waals surface area contributed by atoms with Gasteiger partial charge in [0.1, 0.15) is 0 Å². The van der Waals surface area contributed by atoms with Gasteiger partial charge in [0.05, 0.1) is 16.8 Å². The molecule has 0 spiro atoms. The SMILES string of the molecule is O=C(O)c1cc(Nc2ccc(-c3cccnn3)cc2)cc(C(F)(F)F)c1. The molecule has 0 saturated carbocycles. The first-order valence-electron chi connectivity index (χ1n) is 7.44. The Labute approximate surface area is 146 Å². The summed E-state index contributed by atoms with van der Waals surface area (Å²) in [5.74, 6) is -1.43. The molecule has 2 N–H and O–H groups in total. The molecule has 3 aromatic rings. The van der Waals surface area contributed by atoms with Crippen molar-refractivity contribution in [3.05, 3.63) is 71.9 Å². The number of nitrogens with one attached hydrogen (secondary N) is 1. The van der Waals surface area contributed by atoms with Crippen LogP contribution in [0.1, 0.15) is 15.9 Å². The number of halogens is 3. The highest BCUT2D eigenvalue weighted by Crippen LogP contribution is 2.33. The summed E-state index contributed by atoms with van der Waals surface area (Å²) in [6, 6.07) is 12.9. The van der Waals surface area contributed by atoms with Crippen molar-refractivity contribution in [1.82, 2.24) is 10.2 Å². The van der Waals surface area contributed by atoms with Crippen LogP contribution in [-0.4, -0.2) is 21.3 Å². The second-order valence-corrected chi connectivity index (χ2v) is 5.41. The molecule has 132 valence electrons. The second kappa shape index (κ2) is 6.83. The fourth-order valence-electron chi connectivity index (χ4n) is 2.33. The van der Waals surface area contributed by atoms with Gasteiger partial charge in [-0.25, -0.2) is 4.79 Å². The molecule has 1 aromatic heterocycles. The monoisotopic (exact) mass is 359 g/mol. The van der Waals surface area contributed by atoms with E-state index in [1.165, 1.54) is 0 Å². The number of alkyl halides is 3. The number of rotatable bonds is 4. The van der Waals surface area contributed by atoms with Crippen molar-refractivity contribution in [3.8, 4) is 11.3 Å². The summed E-state index contributed by atoms with van der Waals surface area (Å²) in [4.78, 5) is 11.1. The van der Waals surface area contributed by atoms with Crippen molar-refractivity contribution in [1.29, 1.82) is 0 Å². The van der Waals surface area contributed by atoms with E-state index >= 15 is 0 Å². The van der Waals surface area contributed by atoms with Crippen LogP contribution in [0.25, 0.3) is 11.3 Å². The fourth-order valence-corrected chi connectivity index (χ4v) is 2.33. The largest absolute Gasteiger partial charge is 0.478 e. The van der Waals surface area contributed by atoms with Gasteiger partial charge in [-0.05, 0) is 42.5 Å². The number of carbonyl (C=O) groups is 1. The molecule has 8 heteroatoms. The average Bonchev–Trinajstić information content (AvgIpc) is 2.62. The smallest absolute Gasteiger partial charge is 0.416 e. The van der Waals surface area contributed by atoms with Crippen LogP contribution in [0.4, 0.5) is 24.5 Å². The molecule has 0 unspecified atom stereocenters. The standard InChI is InChI=1S/C18H12F3N3O2/c19-18(20,21)13-8-12(17(25)26)9-15(10-13)23-14-5-3-11(4-6-14)16-2-1-7-22-24-16/h1-10,23H,(H,25,26). The number of hydrogen-bond acceptors (Lipinski definition) is 4. The Hall–Kier alpha value is -3.42. The number of aromatic nitrogens is 2. The number of hydrogen-bond donors (Lipinski definition) is 2. The predicted molar refractivity (Wildman–Crippen MR) is 89.2 cm³/mol. The van der Waals surface area contributed by atoms with E-state index < -0.39 is 23.3 Å². The minimum atomic E-state index is -4.64. The van der Waals surface area contributed by atoms with Crippen molar-refractivity contribution in [2.24, 2.45) is 0 Å². The van der Waals surface area contributed by atoms with E-state index in [1.54, 1.807) is 42.6 Å². The molecule has 0 radical (unpaired) electrons. The lowest BCUT2D eigenvalue weighted by Crippen LogP contribution is -2.08. The first-order valence-corrected chi connectivity index (χ1v) is 7.44. The van der Waals surface area contributed by atoms with E-state index in [0.29, 0.717) is 17.4 Å². The minimum Gasteiger partial charge on any atom is -0.478 e. The molecule has 0 bridgehead atoms. The Bertz CT molecular complexity index is 927. The molecule has 3 rings (SSSR count). The van der Waals surface area contributed by atoms with Gasteiger partial charge in [0, 0.05) is 23.1 Å². The molecule has 26 heavy (non-hydrogen) atoms. The third-order valence-corrected chi connectivity index (χ3v) is 3.55. The van der Waals surface area contributed by atoms with Gasteiger partial charge in [0.25, 0.3) is 0 Å². The van der Waals surface area contributed by atoms with Gasteiger partial charge in [-0.1, -0.05) is 12.1 Å². The molecule has 0 fully saturated rings. The van der Waals surface area contributed by atoms with E-state index in [4.69, 9.17) is 5.11 Å². The van der Waals surface area contributed by atoms with Crippen LogP contribution in [0, 0.1) is 0 Å². The number of carboxylic acids is 1. The van der Waals surface area contributed by atoms with Crippen LogP contribution < -0.4 is 5.32 Å². The zero-order valence-electron chi connectivity index (χ0n) is 13.2. The van der Waals surface area contributed by atoms with Gasteiger partial charge in [-0.2, -0.15) is 23.4 Å². The molecule has 0 aliphatic heterocycles. The average molecular weight is 359 g/mol. The third-order valence-electron chi connectivity index (χ3n) is 3.55. The topological polar surface area (TPSA) is 75.1 Å². The summed E-state index contributed by atoms with van der Waals surface area (Å²) in [6.45, 7) is 0. The number of nitrogens with zero attached hydrogens (tertiary/aromatic N) is 2. The lowest BCUT2D eigenvalue weighted by Gasteiger charge is -2.12. The first kappa shape index (κ1) is 17.4. The van der Waals surface area contributed by atoms with Gasteiger partial charge in [0.15, 0.2) is 0 Å². The van der Waals surface area contributed by atoms with Crippen LogP contribution in [0.2, 0.25) is 0 Å². The summed E-state index contributed by atoms with van der Waals surface area (Å²) in [7, 11) is 0.